The predicted octanol–water partition coefficient (Wildman–Crippen LogP) is 0.984. The molecule has 0 spiro atoms. The summed E-state index contributed by atoms with van der Waals surface area (Å²) >= 11 is 0. The fourth-order valence-electron chi connectivity index (χ4n) is 5.85. The number of esters is 2. The number of benzene rings is 3. The van der Waals surface area contributed by atoms with Crippen molar-refractivity contribution in [1.82, 2.24) is 14.7 Å². The molecule has 17 nitrogen and oxygen atoms in total. The number of carbonyl (C=O) groups is 7. The minimum absolute atomic E-state index is 0.0541. The van der Waals surface area contributed by atoms with Gasteiger partial charge in [-0.1, -0.05) is 84.9 Å². The Bertz CT molecular complexity index is 1780. The van der Waals surface area contributed by atoms with Crippen LogP contribution in [0.2, 0.25) is 0 Å². The van der Waals surface area contributed by atoms with E-state index in [4.69, 9.17) is 11.5 Å². The Balaban J connectivity index is 2.12. The number of aliphatic imine (C=N–C) groups is 1. The number of rotatable bonds is 21. The minimum atomic E-state index is -1.45. The van der Waals surface area contributed by atoms with Gasteiger partial charge in [-0.3, -0.25) is 38.6 Å². The van der Waals surface area contributed by atoms with Gasteiger partial charge in [0, 0.05) is 13.1 Å². The standard InChI is InChI=1S/C39H46N6O11/c1-55-34(51)24-43(25-35(52)56-2)31(46)20-26-15-17-27(18-16-26)21-45(38(54)36(28-10-5-3-6-11-28)29-12-7-4-8-13-29)30(14-9-19-42-39(40)41)37(53)44(22-32(47)48)23-33(49)50/h3-8,10-13,15-18,30,36H,9,14,19-25H2,1-2H3,(H,47,48)(H,49,50)(H4,40,41,42)/t30-/m1/s1. The molecule has 6 N–H and O–H groups in total. The molecule has 0 saturated heterocycles. The lowest BCUT2D eigenvalue weighted by molar-refractivity contribution is -0.154. The lowest BCUT2D eigenvalue weighted by Gasteiger charge is -2.36. The summed E-state index contributed by atoms with van der Waals surface area (Å²) in [7, 11) is 2.30. The minimum Gasteiger partial charge on any atom is -0.480 e. The molecule has 0 aliphatic rings. The summed E-state index contributed by atoms with van der Waals surface area (Å²) in [5.74, 6) is -7.54. The number of nitrogens with two attached hydrogens (primary N) is 2. The summed E-state index contributed by atoms with van der Waals surface area (Å²) in [5, 5.41) is 19.2. The number of guanidine groups is 1. The summed E-state index contributed by atoms with van der Waals surface area (Å²) in [6.07, 6.45) is -0.134. The van der Waals surface area contributed by atoms with Crippen molar-refractivity contribution >= 4 is 47.6 Å². The van der Waals surface area contributed by atoms with Crippen molar-refractivity contribution in [3.8, 4) is 0 Å². The zero-order chi connectivity index (χ0) is 41.2. The Morgan fingerprint density at radius 2 is 1.14 bits per heavy atom. The molecular weight excluding hydrogens is 728 g/mol. The quantitative estimate of drug-likeness (QED) is 0.0511. The predicted molar refractivity (Wildman–Crippen MR) is 202 cm³/mol. The highest BCUT2D eigenvalue weighted by molar-refractivity contribution is 5.94. The molecule has 0 fully saturated rings. The fourth-order valence-corrected chi connectivity index (χ4v) is 5.85. The first-order valence-electron chi connectivity index (χ1n) is 17.4. The normalized spacial score (nSPS) is 11.1. The maximum Gasteiger partial charge on any atom is 0.325 e. The second-order valence-electron chi connectivity index (χ2n) is 12.6. The van der Waals surface area contributed by atoms with Gasteiger partial charge in [0.15, 0.2) is 5.96 Å². The molecule has 0 bridgehead atoms. The van der Waals surface area contributed by atoms with Gasteiger partial charge in [-0.25, -0.2) is 0 Å². The van der Waals surface area contributed by atoms with E-state index in [1.54, 1.807) is 84.9 Å². The number of hydrogen-bond donors (Lipinski definition) is 4. The Morgan fingerprint density at radius 1 is 0.661 bits per heavy atom. The molecule has 298 valence electrons. The summed E-state index contributed by atoms with van der Waals surface area (Å²) in [4.78, 5) is 97.0. The highest BCUT2D eigenvalue weighted by Crippen LogP contribution is 2.30. The topological polar surface area (TPSA) is 253 Å². The molecule has 0 aliphatic carbocycles. The third-order valence-electron chi connectivity index (χ3n) is 8.53. The summed E-state index contributed by atoms with van der Waals surface area (Å²) in [5.41, 5.74) is 13.2. The molecule has 3 amide bonds. The molecule has 0 unspecified atom stereocenters. The maximum atomic E-state index is 15.0. The highest BCUT2D eigenvalue weighted by Gasteiger charge is 2.38. The van der Waals surface area contributed by atoms with Crippen molar-refractivity contribution in [1.29, 1.82) is 0 Å². The van der Waals surface area contributed by atoms with Crippen molar-refractivity contribution in [2.75, 3.05) is 46.9 Å². The van der Waals surface area contributed by atoms with E-state index in [1.807, 2.05) is 0 Å². The van der Waals surface area contributed by atoms with Gasteiger partial charge in [0.2, 0.25) is 17.7 Å². The van der Waals surface area contributed by atoms with Crippen LogP contribution in [0.5, 0.6) is 0 Å². The van der Waals surface area contributed by atoms with Crippen LogP contribution in [0.1, 0.15) is 41.0 Å². The maximum absolute atomic E-state index is 15.0. The Labute approximate surface area is 323 Å². The van der Waals surface area contributed by atoms with Crippen molar-refractivity contribution < 1.29 is 53.2 Å². The molecule has 56 heavy (non-hydrogen) atoms. The van der Waals surface area contributed by atoms with Gasteiger partial charge in [0.1, 0.15) is 32.2 Å². The van der Waals surface area contributed by atoms with Gasteiger partial charge in [-0.15, -0.1) is 0 Å². The second kappa shape index (κ2) is 21.8. The van der Waals surface area contributed by atoms with Crippen LogP contribution < -0.4 is 11.5 Å². The molecule has 0 aliphatic heterocycles. The third kappa shape index (κ3) is 13.6. The highest BCUT2D eigenvalue weighted by atomic mass is 16.5. The summed E-state index contributed by atoms with van der Waals surface area (Å²) in [6, 6.07) is 22.8. The zero-order valence-electron chi connectivity index (χ0n) is 31.1. The summed E-state index contributed by atoms with van der Waals surface area (Å²) < 4.78 is 9.30. The van der Waals surface area contributed by atoms with Crippen LogP contribution in [0.25, 0.3) is 0 Å². The number of amides is 3. The van der Waals surface area contributed by atoms with Gasteiger partial charge in [-0.2, -0.15) is 0 Å². The van der Waals surface area contributed by atoms with Crippen LogP contribution in [0.4, 0.5) is 0 Å². The number of hydrogen-bond acceptors (Lipinski definition) is 10. The van der Waals surface area contributed by atoms with E-state index in [9.17, 15) is 39.0 Å². The van der Waals surface area contributed by atoms with Crippen molar-refractivity contribution in [3.05, 3.63) is 107 Å². The summed E-state index contributed by atoms with van der Waals surface area (Å²) in [6.45, 7) is -2.99. The van der Waals surface area contributed by atoms with Crippen molar-refractivity contribution in [2.24, 2.45) is 16.5 Å². The smallest absolute Gasteiger partial charge is 0.325 e. The number of carboxylic acid groups (broad SMARTS) is 2. The number of aliphatic carboxylic acids is 2. The van der Waals surface area contributed by atoms with Gasteiger partial charge in [0.05, 0.1) is 26.6 Å². The Morgan fingerprint density at radius 3 is 1.59 bits per heavy atom. The van der Waals surface area contributed by atoms with Gasteiger partial charge in [-0.05, 0) is 35.1 Å². The molecule has 3 aromatic rings. The Kier molecular flexibility index (Phi) is 17.0. The third-order valence-corrected chi connectivity index (χ3v) is 8.53. The first-order valence-corrected chi connectivity index (χ1v) is 17.4. The molecule has 0 radical (unpaired) electrons. The first kappa shape index (κ1) is 43.6. The monoisotopic (exact) mass is 774 g/mol. The van der Waals surface area contributed by atoms with E-state index in [1.165, 1.54) is 4.90 Å². The zero-order valence-corrected chi connectivity index (χ0v) is 31.1. The van der Waals surface area contributed by atoms with Crippen LogP contribution >= 0.6 is 0 Å². The molecule has 3 rings (SSSR count). The van der Waals surface area contributed by atoms with E-state index in [0.717, 1.165) is 19.1 Å². The average molecular weight is 775 g/mol. The first-order chi connectivity index (χ1) is 26.7. The van der Waals surface area contributed by atoms with Crippen molar-refractivity contribution in [3.63, 3.8) is 0 Å². The molecular formula is C39H46N6O11. The van der Waals surface area contributed by atoms with E-state index < -0.39 is 79.7 Å². The van der Waals surface area contributed by atoms with Crippen molar-refractivity contribution in [2.45, 2.75) is 37.8 Å². The van der Waals surface area contributed by atoms with E-state index in [-0.39, 0.29) is 38.3 Å². The molecule has 17 heteroatoms. The molecule has 0 saturated carbocycles. The number of ether oxygens (including phenoxy) is 2. The second-order valence-corrected chi connectivity index (χ2v) is 12.6. The lowest BCUT2D eigenvalue weighted by atomic mass is 9.89. The van der Waals surface area contributed by atoms with Crippen LogP contribution in [0.15, 0.2) is 89.9 Å². The molecule has 0 aromatic heterocycles. The molecule has 3 aromatic carbocycles. The molecule has 0 heterocycles. The van der Waals surface area contributed by atoms with E-state index in [0.29, 0.717) is 27.2 Å². The average Bonchev–Trinajstić information content (AvgIpc) is 3.17. The van der Waals surface area contributed by atoms with Crippen LogP contribution in [0, 0.1) is 0 Å². The van der Waals surface area contributed by atoms with E-state index >= 15 is 4.79 Å². The van der Waals surface area contributed by atoms with Crippen LogP contribution in [-0.2, 0) is 56.0 Å². The lowest BCUT2D eigenvalue weighted by Crippen LogP contribution is -2.53. The number of carboxylic acids is 2. The van der Waals surface area contributed by atoms with E-state index in [2.05, 4.69) is 14.5 Å². The van der Waals surface area contributed by atoms with Gasteiger partial charge >= 0.3 is 23.9 Å². The molecule has 1 atom stereocenters. The largest absolute Gasteiger partial charge is 0.480 e. The fraction of sp³-hybridized carbons (Fsp3) is 0.333. The SMILES string of the molecule is COC(=O)CN(CC(=O)OC)C(=O)Cc1ccc(CN(C(=O)C(c2ccccc2)c2ccccc2)[C@H](CCCN=C(N)N)C(=O)N(CC(=O)O)CC(=O)O)cc1. The number of carbonyl (C=O) groups excluding carboxylic acids is 5. The van der Waals surface area contributed by atoms with Gasteiger partial charge in [0.25, 0.3) is 0 Å². The number of nitrogens with zero attached hydrogens (tertiary/aromatic N) is 4. The van der Waals surface area contributed by atoms with Crippen LogP contribution in [-0.4, -0.2) is 125 Å². The Hall–Kier alpha value is -6.78. The number of methoxy groups -OCH3 is 2. The van der Waals surface area contributed by atoms with Crippen LogP contribution in [0.3, 0.4) is 0 Å². The van der Waals surface area contributed by atoms with Gasteiger partial charge < -0.3 is 45.9 Å².